The molecule has 0 saturated carbocycles. The molecule has 4 saturated heterocycles. The Morgan fingerprint density at radius 2 is 1.12 bits per heavy atom. The van der Waals surface area contributed by atoms with Crippen LogP contribution < -0.4 is 17.2 Å². The van der Waals surface area contributed by atoms with E-state index in [4.69, 9.17) is 36.1 Å². The fourth-order valence-electron chi connectivity index (χ4n) is 6.87. The van der Waals surface area contributed by atoms with E-state index in [0.717, 1.165) is 63.7 Å². The van der Waals surface area contributed by atoms with Crippen molar-refractivity contribution in [2.24, 2.45) is 29.0 Å². The van der Waals surface area contributed by atoms with Gasteiger partial charge in [0, 0.05) is 70.0 Å². The van der Waals surface area contributed by atoms with Crippen LogP contribution in [0.15, 0.2) is 30.3 Å². The van der Waals surface area contributed by atoms with E-state index < -0.39 is 16.8 Å². The Bertz CT molecular complexity index is 1460. The van der Waals surface area contributed by atoms with Crippen molar-refractivity contribution in [3.05, 3.63) is 35.9 Å². The predicted octanol–water partition coefficient (Wildman–Crippen LogP) is 7.33. The largest absolute Gasteiger partial charge is 0.445 e. The van der Waals surface area contributed by atoms with Crippen LogP contribution in [-0.2, 0) is 25.6 Å². The van der Waals surface area contributed by atoms with E-state index in [9.17, 15) is 19.2 Å². The summed E-state index contributed by atoms with van der Waals surface area (Å²) >= 11 is 0. The second kappa shape index (κ2) is 24.0. The summed E-state index contributed by atoms with van der Waals surface area (Å²) in [6, 6.07) is 10.5. The predicted molar refractivity (Wildman–Crippen MR) is 236 cm³/mol. The van der Waals surface area contributed by atoms with Crippen molar-refractivity contribution >= 4 is 24.4 Å². The van der Waals surface area contributed by atoms with Gasteiger partial charge in [0.25, 0.3) is 0 Å². The molecule has 4 fully saturated rings. The number of rotatable bonds is 2. The second-order valence-corrected chi connectivity index (χ2v) is 19.9. The normalized spacial score (nSPS) is 24.6. The van der Waals surface area contributed by atoms with E-state index in [1.165, 1.54) is 0 Å². The molecule has 0 aliphatic carbocycles. The SMILES string of the molecule is CC(C)(C)OC(=O)N1CCC[C@@H](N)C1.C[C@@H]1CCN(C(=O)OCc2ccccc2)C1.C[C@@H]1C[C@H](N)CCN1C(=O)OC(C)(C)C.C[C@H]1CN(C(=O)OC(C)(C)C)CC[C@H]1N. The average molecular weight is 848 g/mol. The molecule has 4 aliphatic rings. The van der Waals surface area contributed by atoms with Gasteiger partial charge in [-0.1, -0.05) is 44.2 Å². The van der Waals surface area contributed by atoms with Gasteiger partial charge < -0.3 is 55.7 Å². The first kappa shape index (κ1) is 52.3. The highest BCUT2D eigenvalue weighted by atomic mass is 16.6. The molecule has 1 aromatic rings. The Morgan fingerprint density at radius 3 is 1.60 bits per heavy atom. The summed E-state index contributed by atoms with van der Waals surface area (Å²) in [5.74, 6) is 0.954. The lowest BCUT2D eigenvalue weighted by atomic mass is 9.95. The molecule has 0 bridgehead atoms. The van der Waals surface area contributed by atoms with Crippen LogP contribution >= 0.6 is 0 Å². The van der Waals surface area contributed by atoms with Crippen molar-refractivity contribution in [1.82, 2.24) is 19.6 Å². The molecule has 6 atom stereocenters. The Labute approximate surface area is 361 Å². The first-order valence-corrected chi connectivity index (χ1v) is 21.9. The Morgan fingerprint density at radius 1 is 0.600 bits per heavy atom. The van der Waals surface area contributed by atoms with Crippen molar-refractivity contribution in [1.29, 1.82) is 0 Å². The van der Waals surface area contributed by atoms with Gasteiger partial charge in [-0.25, -0.2) is 19.2 Å². The van der Waals surface area contributed by atoms with Crippen LogP contribution in [0.5, 0.6) is 0 Å². The quantitative estimate of drug-likeness (QED) is 0.252. The first-order valence-electron chi connectivity index (χ1n) is 21.9. The molecule has 0 radical (unpaired) electrons. The highest BCUT2D eigenvalue weighted by Crippen LogP contribution is 2.21. The second-order valence-electron chi connectivity index (χ2n) is 19.9. The zero-order valence-corrected chi connectivity index (χ0v) is 39.0. The number of hydrogen-bond donors (Lipinski definition) is 3. The molecule has 4 amide bonds. The van der Waals surface area contributed by atoms with Gasteiger partial charge in [-0.15, -0.1) is 0 Å². The molecule has 0 unspecified atom stereocenters. The van der Waals surface area contributed by atoms with Crippen LogP contribution in [0.25, 0.3) is 0 Å². The smallest absolute Gasteiger partial charge is 0.410 e. The molecule has 5 rings (SSSR count). The van der Waals surface area contributed by atoms with E-state index in [0.29, 0.717) is 44.6 Å². The molecule has 4 aliphatic heterocycles. The fraction of sp³-hybridized carbons (Fsp3) is 0.778. The van der Waals surface area contributed by atoms with Gasteiger partial charge in [0.2, 0.25) is 0 Å². The van der Waals surface area contributed by atoms with E-state index >= 15 is 0 Å². The fourth-order valence-corrected chi connectivity index (χ4v) is 6.87. The van der Waals surface area contributed by atoms with Crippen LogP contribution in [0.4, 0.5) is 19.2 Å². The van der Waals surface area contributed by atoms with Gasteiger partial charge in [-0.2, -0.15) is 0 Å². The van der Waals surface area contributed by atoms with Crippen molar-refractivity contribution in [3.63, 3.8) is 0 Å². The standard InChI is InChI=1S/C13H17NO2.2C11H22N2O2.C10H20N2O2/c1-11-7-8-14(9-11)13(15)16-10-12-5-3-2-4-6-12;1-8-7-13(6-5-9(8)12)10(14)15-11(2,3)4;1-8-7-9(12)5-6-13(8)10(14)15-11(2,3)4;1-10(2,3)14-9(13)12-6-4-5-8(11)7-12/h2-6,11H,7-10H2,1H3;2*8-9H,5-7,12H2,1-4H3;8H,4-7,11H2,1-3H3/t11-;8-,9+;8-,9-;8-/m1011/s1. The molecule has 60 heavy (non-hydrogen) atoms. The molecule has 15 nitrogen and oxygen atoms in total. The van der Waals surface area contributed by atoms with Crippen molar-refractivity contribution < 1.29 is 38.1 Å². The summed E-state index contributed by atoms with van der Waals surface area (Å²) in [5, 5.41) is 0. The van der Waals surface area contributed by atoms with Crippen LogP contribution in [0.2, 0.25) is 0 Å². The molecule has 344 valence electrons. The Kier molecular flexibility index (Phi) is 20.9. The van der Waals surface area contributed by atoms with Gasteiger partial charge in [0.1, 0.15) is 23.4 Å². The third-order valence-corrected chi connectivity index (χ3v) is 10.2. The van der Waals surface area contributed by atoms with Crippen molar-refractivity contribution in [3.8, 4) is 0 Å². The lowest BCUT2D eigenvalue weighted by Gasteiger charge is -2.37. The van der Waals surface area contributed by atoms with Crippen LogP contribution in [-0.4, -0.2) is 131 Å². The topological polar surface area (TPSA) is 196 Å². The first-order chi connectivity index (χ1) is 27.7. The lowest BCUT2D eigenvalue weighted by molar-refractivity contribution is 0.0104. The molecule has 0 spiro atoms. The number of benzene rings is 1. The van der Waals surface area contributed by atoms with Gasteiger partial charge in [0.15, 0.2) is 0 Å². The Balaban J connectivity index is 0.000000276. The lowest BCUT2D eigenvalue weighted by Crippen LogP contribution is -2.49. The van der Waals surface area contributed by atoms with E-state index in [1.54, 1.807) is 19.6 Å². The number of carbonyl (C=O) groups is 4. The van der Waals surface area contributed by atoms with Crippen LogP contribution in [0.3, 0.4) is 0 Å². The molecule has 1 aromatic carbocycles. The van der Waals surface area contributed by atoms with Gasteiger partial charge in [0.05, 0.1) is 0 Å². The summed E-state index contributed by atoms with van der Waals surface area (Å²) in [6.07, 6.45) is 4.77. The summed E-state index contributed by atoms with van der Waals surface area (Å²) in [4.78, 5) is 53.8. The van der Waals surface area contributed by atoms with Gasteiger partial charge in [-0.05, 0) is 125 Å². The number of nitrogens with two attached hydrogens (primary N) is 3. The third-order valence-electron chi connectivity index (χ3n) is 10.2. The number of likely N-dealkylation sites (tertiary alicyclic amines) is 4. The summed E-state index contributed by atoms with van der Waals surface area (Å²) in [5.41, 5.74) is 17.3. The number of piperidine rings is 3. The highest BCUT2D eigenvalue weighted by Gasteiger charge is 2.32. The zero-order chi connectivity index (χ0) is 45.4. The summed E-state index contributed by atoms with van der Waals surface area (Å²) < 4.78 is 21.1. The third kappa shape index (κ3) is 21.1. The average Bonchev–Trinajstić information content (AvgIpc) is 3.57. The number of hydrogen-bond acceptors (Lipinski definition) is 11. The minimum atomic E-state index is -0.420. The highest BCUT2D eigenvalue weighted by molar-refractivity contribution is 5.69. The molecule has 0 aromatic heterocycles. The zero-order valence-electron chi connectivity index (χ0n) is 39.0. The van der Waals surface area contributed by atoms with Gasteiger partial charge >= 0.3 is 24.4 Å². The maximum atomic E-state index is 11.8. The molecular weight excluding hydrogens is 767 g/mol. The van der Waals surface area contributed by atoms with E-state index in [1.807, 2.05) is 99.6 Å². The summed E-state index contributed by atoms with van der Waals surface area (Å²) in [7, 11) is 0. The minimum Gasteiger partial charge on any atom is -0.445 e. The van der Waals surface area contributed by atoms with E-state index in [-0.39, 0.29) is 48.5 Å². The number of nitrogens with zero attached hydrogens (tertiary/aromatic N) is 4. The molecule has 4 heterocycles. The monoisotopic (exact) mass is 848 g/mol. The van der Waals surface area contributed by atoms with Crippen LogP contribution in [0.1, 0.15) is 127 Å². The number of amides is 4. The maximum absolute atomic E-state index is 11.8. The number of ether oxygens (including phenoxy) is 4. The molecule has 15 heteroatoms. The van der Waals surface area contributed by atoms with Gasteiger partial charge in [-0.3, -0.25) is 0 Å². The van der Waals surface area contributed by atoms with Crippen molar-refractivity contribution in [2.75, 3.05) is 45.8 Å². The Hall–Kier alpha value is -3.82. The summed E-state index contributed by atoms with van der Waals surface area (Å²) in [6.45, 7) is 28.7. The molecular formula is C45H81N7O8. The van der Waals surface area contributed by atoms with Crippen LogP contribution in [0, 0.1) is 11.8 Å². The minimum absolute atomic E-state index is 0.108. The van der Waals surface area contributed by atoms with E-state index in [2.05, 4.69) is 13.8 Å². The number of carbonyl (C=O) groups excluding carboxylic acids is 4. The maximum Gasteiger partial charge on any atom is 0.410 e. The van der Waals surface area contributed by atoms with Crippen molar-refractivity contribution in [2.45, 2.75) is 169 Å². The molecule has 6 N–H and O–H groups in total.